The molecule has 0 fully saturated rings. The second kappa shape index (κ2) is 7.14. The third kappa shape index (κ3) is 3.76. The predicted octanol–water partition coefficient (Wildman–Crippen LogP) is 4.25. The Balaban J connectivity index is 2.11. The highest BCUT2D eigenvalue weighted by Gasteiger charge is 2.13. The van der Waals surface area contributed by atoms with E-state index >= 15 is 0 Å². The first-order valence-corrected chi connectivity index (χ1v) is 7.89. The molecule has 1 unspecified atom stereocenters. The number of hydrogen-bond donors (Lipinski definition) is 2. The minimum Gasteiger partial charge on any atom is -0.271 e. The maximum atomic E-state index is 6.18. The molecule has 0 aliphatic heterocycles. The minimum absolute atomic E-state index is 0.108. The van der Waals surface area contributed by atoms with E-state index in [2.05, 4.69) is 37.5 Å². The van der Waals surface area contributed by atoms with Gasteiger partial charge in [-0.1, -0.05) is 47.5 Å². The molecule has 2 aromatic rings. The highest BCUT2D eigenvalue weighted by molar-refractivity contribution is 7.99. The van der Waals surface area contributed by atoms with Gasteiger partial charge in [-0.15, -0.1) is 11.8 Å². The van der Waals surface area contributed by atoms with Gasteiger partial charge in [-0.3, -0.25) is 11.3 Å². The topological polar surface area (TPSA) is 38.0 Å². The van der Waals surface area contributed by atoms with Crippen LogP contribution in [0.1, 0.15) is 22.7 Å². The Bertz CT molecular complexity index is 586. The molecule has 0 saturated heterocycles. The van der Waals surface area contributed by atoms with E-state index in [1.807, 2.05) is 24.3 Å². The molecule has 2 aromatic carbocycles. The van der Waals surface area contributed by atoms with Gasteiger partial charge in [-0.25, -0.2) is 0 Å². The lowest BCUT2D eigenvalue weighted by Gasteiger charge is -2.19. The average Bonchev–Trinajstić information content (AvgIpc) is 2.43. The molecule has 20 heavy (non-hydrogen) atoms. The largest absolute Gasteiger partial charge is 0.271 e. The second-order valence-corrected chi connectivity index (χ2v) is 6.29. The summed E-state index contributed by atoms with van der Waals surface area (Å²) in [4.78, 5) is 1.08. The Morgan fingerprint density at radius 1 is 1.20 bits per heavy atom. The van der Waals surface area contributed by atoms with Crippen molar-refractivity contribution in [1.82, 2.24) is 5.43 Å². The van der Waals surface area contributed by atoms with Crippen LogP contribution in [0.3, 0.4) is 0 Å². The van der Waals surface area contributed by atoms with E-state index in [0.29, 0.717) is 0 Å². The van der Waals surface area contributed by atoms with E-state index in [0.717, 1.165) is 15.7 Å². The third-order valence-corrected chi connectivity index (χ3v) is 4.85. The normalized spacial score (nSPS) is 12.4. The summed E-state index contributed by atoms with van der Waals surface area (Å²) in [6, 6.07) is 14.4. The summed E-state index contributed by atoms with van der Waals surface area (Å²) in [7, 11) is 0. The number of hydrogen-bond acceptors (Lipinski definition) is 3. The van der Waals surface area contributed by atoms with Crippen molar-refractivity contribution in [2.75, 3.05) is 5.75 Å². The number of aryl methyl sites for hydroxylation is 2. The van der Waals surface area contributed by atoms with Crippen LogP contribution in [-0.2, 0) is 0 Å². The highest BCUT2D eigenvalue weighted by Crippen LogP contribution is 2.30. The number of halogens is 1. The molecule has 0 aromatic heterocycles. The smallest absolute Gasteiger partial charge is 0.0556 e. The van der Waals surface area contributed by atoms with Gasteiger partial charge < -0.3 is 0 Å². The standard InChI is InChI=1S/C16H19ClN2S/c1-11-7-8-13(12(2)9-11)15(19-18)10-20-16-6-4-3-5-14(16)17/h3-9,15,19H,10,18H2,1-2H3. The van der Waals surface area contributed by atoms with Crippen LogP contribution in [0, 0.1) is 13.8 Å². The predicted molar refractivity (Wildman–Crippen MR) is 88.2 cm³/mol. The summed E-state index contributed by atoms with van der Waals surface area (Å²) in [5.74, 6) is 6.56. The zero-order chi connectivity index (χ0) is 14.5. The fourth-order valence-electron chi connectivity index (χ4n) is 2.18. The first-order valence-electron chi connectivity index (χ1n) is 6.52. The molecule has 2 rings (SSSR count). The Labute approximate surface area is 129 Å². The molecule has 0 bridgehead atoms. The molecule has 0 amide bonds. The summed E-state index contributed by atoms with van der Waals surface area (Å²) in [6.45, 7) is 4.22. The van der Waals surface area contributed by atoms with Gasteiger partial charge in [0.25, 0.3) is 0 Å². The van der Waals surface area contributed by atoms with Crippen LogP contribution in [0.15, 0.2) is 47.4 Å². The Morgan fingerprint density at radius 2 is 1.95 bits per heavy atom. The lowest BCUT2D eigenvalue weighted by atomic mass is 10.0. The number of rotatable bonds is 5. The number of benzene rings is 2. The van der Waals surface area contributed by atoms with E-state index in [1.165, 1.54) is 16.7 Å². The molecule has 4 heteroatoms. The van der Waals surface area contributed by atoms with Crippen LogP contribution < -0.4 is 11.3 Å². The molecule has 0 spiro atoms. The lowest BCUT2D eigenvalue weighted by Crippen LogP contribution is -2.30. The molecular formula is C16H19ClN2S. The van der Waals surface area contributed by atoms with E-state index in [9.17, 15) is 0 Å². The Kier molecular flexibility index (Phi) is 5.49. The van der Waals surface area contributed by atoms with Crippen molar-refractivity contribution in [3.8, 4) is 0 Å². The molecular weight excluding hydrogens is 288 g/mol. The van der Waals surface area contributed by atoms with Gasteiger partial charge in [0.1, 0.15) is 0 Å². The van der Waals surface area contributed by atoms with Crippen molar-refractivity contribution in [2.24, 2.45) is 5.84 Å². The molecule has 1 atom stereocenters. The fourth-order valence-corrected chi connectivity index (χ4v) is 3.48. The Hall–Kier alpha value is -1.00. The zero-order valence-corrected chi connectivity index (χ0v) is 13.3. The summed E-state index contributed by atoms with van der Waals surface area (Å²) in [5, 5.41) is 0.786. The molecule has 106 valence electrons. The van der Waals surface area contributed by atoms with E-state index < -0.39 is 0 Å². The maximum absolute atomic E-state index is 6.18. The molecule has 2 nitrogen and oxygen atoms in total. The summed E-state index contributed by atoms with van der Waals surface area (Å²) >= 11 is 7.89. The number of nitrogens with two attached hydrogens (primary N) is 1. The van der Waals surface area contributed by atoms with E-state index in [-0.39, 0.29) is 6.04 Å². The molecule has 0 aliphatic rings. The van der Waals surface area contributed by atoms with Crippen LogP contribution in [0.4, 0.5) is 0 Å². The van der Waals surface area contributed by atoms with Crippen molar-refractivity contribution in [1.29, 1.82) is 0 Å². The van der Waals surface area contributed by atoms with E-state index in [4.69, 9.17) is 17.4 Å². The maximum Gasteiger partial charge on any atom is 0.0556 e. The summed E-state index contributed by atoms with van der Waals surface area (Å²) in [6.07, 6.45) is 0. The molecule has 3 N–H and O–H groups in total. The zero-order valence-electron chi connectivity index (χ0n) is 11.7. The van der Waals surface area contributed by atoms with Crippen LogP contribution in [0.2, 0.25) is 5.02 Å². The van der Waals surface area contributed by atoms with Gasteiger partial charge in [-0.2, -0.15) is 0 Å². The quantitative estimate of drug-likeness (QED) is 0.492. The minimum atomic E-state index is 0.108. The fraction of sp³-hybridized carbons (Fsp3) is 0.250. The third-order valence-electron chi connectivity index (χ3n) is 3.24. The summed E-state index contributed by atoms with van der Waals surface area (Å²) < 4.78 is 0. The van der Waals surface area contributed by atoms with Crippen LogP contribution in [-0.4, -0.2) is 5.75 Å². The SMILES string of the molecule is Cc1ccc(C(CSc2ccccc2Cl)NN)c(C)c1. The number of thioether (sulfide) groups is 1. The second-order valence-electron chi connectivity index (χ2n) is 4.82. The van der Waals surface area contributed by atoms with Crippen molar-refractivity contribution < 1.29 is 0 Å². The van der Waals surface area contributed by atoms with Crippen molar-refractivity contribution in [3.63, 3.8) is 0 Å². The van der Waals surface area contributed by atoms with Crippen molar-refractivity contribution in [3.05, 3.63) is 64.2 Å². The number of hydrazine groups is 1. The average molecular weight is 307 g/mol. The first kappa shape index (κ1) is 15.4. The van der Waals surface area contributed by atoms with Crippen molar-refractivity contribution in [2.45, 2.75) is 24.8 Å². The molecule has 0 saturated carbocycles. The lowest BCUT2D eigenvalue weighted by molar-refractivity contribution is 0.607. The van der Waals surface area contributed by atoms with Crippen LogP contribution in [0.5, 0.6) is 0 Å². The van der Waals surface area contributed by atoms with Crippen molar-refractivity contribution >= 4 is 23.4 Å². The first-order chi connectivity index (χ1) is 9.61. The summed E-state index contributed by atoms with van der Waals surface area (Å²) in [5.41, 5.74) is 6.66. The van der Waals surface area contributed by atoms with Gasteiger partial charge in [0.2, 0.25) is 0 Å². The van der Waals surface area contributed by atoms with Gasteiger partial charge in [0, 0.05) is 10.6 Å². The van der Waals surface area contributed by atoms with Gasteiger partial charge >= 0.3 is 0 Å². The van der Waals surface area contributed by atoms with E-state index in [1.54, 1.807) is 11.8 Å². The van der Waals surface area contributed by atoms with Gasteiger partial charge in [0.05, 0.1) is 11.1 Å². The van der Waals surface area contributed by atoms with Crippen LogP contribution >= 0.6 is 23.4 Å². The molecule has 0 radical (unpaired) electrons. The van der Waals surface area contributed by atoms with Crippen LogP contribution in [0.25, 0.3) is 0 Å². The Morgan fingerprint density at radius 3 is 2.60 bits per heavy atom. The monoisotopic (exact) mass is 306 g/mol. The van der Waals surface area contributed by atoms with Gasteiger partial charge in [-0.05, 0) is 37.1 Å². The molecule has 0 heterocycles. The highest BCUT2D eigenvalue weighted by atomic mass is 35.5. The van der Waals surface area contributed by atoms with Gasteiger partial charge in [0.15, 0.2) is 0 Å². The molecule has 0 aliphatic carbocycles. The number of nitrogens with one attached hydrogen (secondary N) is 1.